The van der Waals surface area contributed by atoms with Gasteiger partial charge in [0.05, 0.1) is 67.9 Å². The van der Waals surface area contributed by atoms with E-state index in [1.54, 1.807) is 0 Å². The fourth-order valence-electron chi connectivity index (χ4n) is 12.5. The van der Waals surface area contributed by atoms with Crippen LogP contribution < -0.4 is 0 Å². The topological polar surface area (TPSA) is 87.2 Å². The summed E-state index contributed by atoms with van der Waals surface area (Å²) in [5, 5.41) is 9.43. The van der Waals surface area contributed by atoms with Crippen molar-refractivity contribution < 1.29 is 0 Å². The number of nitrogens with zero attached hydrogens (tertiary/aromatic N) is 8. The molecule has 0 spiro atoms. The predicted octanol–water partition coefficient (Wildman–Crippen LogP) is 14.1. The Morgan fingerprint density at radius 2 is 0.800 bits per heavy atom. The highest BCUT2D eigenvalue weighted by Crippen LogP contribution is 2.52. The molecule has 0 fully saturated rings. The lowest BCUT2D eigenvalue weighted by Gasteiger charge is -2.31. The van der Waals surface area contributed by atoms with E-state index >= 15 is 0 Å². The van der Waals surface area contributed by atoms with E-state index in [1.165, 1.54) is 77.0 Å². The van der Waals surface area contributed by atoms with Gasteiger partial charge >= 0.3 is 0 Å². The Morgan fingerprint density at radius 1 is 0.357 bits per heavy atom. The molecular weight excluding hydrogens is 857 g/mol. The molecule has 14 aromatic rings. The molecule has 0 N–H and O–H groups in total. The van der Waals surface area contributed by atoms with Gasteiger partial charge in [-0.25, -0.2) is 0 Å². The van der Waals surface area contributed by atoms with Crippen molar-refractivity contribution in [1.82, 2.24) is 39.0 Å². The Kier molecular flexibility index (Phi) is 7.69. The number of hydrogen-bond acceptors (Lipinski definition) is 6. The second-order valence-electron chi connectivity index (χ2n) is 18.9. The van der Waals surface area contributed by atoms with Gasteiger partial charge in [0.15, 0.2) is 0 Å². The third-order valence-corrected chi connectivity index (χ3v) is 15.4. The molecule has 8 heteroatoms. The molecule has 2 aliphatic rings. The standard InChI is InChI=1S/C62H38N8/c1-7-39-31-47(43-11-5-25-67-59(43)57(39)65-23-1)35-15-19-53-49(27-35)51-29-37-13-14-38-30-52-50-28-36(48-32-40-8-2-24-66-58(40)60-44(48)12-6-26-68-60)16-20-54(50)70(42-10-4-22-64-34-42)62(52)46-18-17-45(55(37)56(38)46)61(51)69(53)41-9-3-21-63-33-41/h1-12,15-16,19-34H,13-14,17-18H2. The van der Waals surface area contributed by atoms with E-state index in [2.05, 4.69) is 128 Å². The second-order valence-corrected chi connectivity index (χ2v) is 18.9. The molecule has 6 aromatic carbocycles. The van der Waals surface area contributed by atoms with Crippen molar-refractivity contribution in [3.8, 4) is 44.8 Å². The third kappa shape index (κ3) is 5.19. The highest BCUT2D eigenvalue weighted by atomic mass is 15.0. The zero-order valence-electron chi connectivity index (χ0n) is 37.7. The van der Waals surface area contributed by atoms with E-state index in [0.717, 1.165) is 103 Å². The molecule has 0 aliphatic heterocycles. The van der Waals surface area contributed by atoms with E-state index in [9.17, 15) is 0 Å². The number of aromatic nitrogens is 8. The molecule has 0 radical (unpaired) electrons. The highest BCUT2D eigenvalue weighted by molar-refractivity contribution is 6.19. The monoisotopic (exact) mass is 894 g/mol. The predicted molar refractivity (Wildman–Crippen MR) is 283 cm³/mol. The van der Waals surface area contributed by atoms with Crippen molar-refractivity contribution in [1.29, 1.82) is 0 Å². The van der Waals surface area contributed by atoms with Gasteiger partial charge in [0.2, 0.25) is 0 Å². The van der Waals surface area contributed by atoms with Crippen LogP contribution in [0.3, 0.4) is 0 Å². The number of benzene rings is 6. The summed E-state index contributed by atoms with van der Waals surface area (Å²) in [7, 11) is 0. The van der Waals surface area contributed by atoms with Crippen LogP contribution >= 0.6 is 0 Å². The summed E-state index contributed by atoms with van der Waals surface area (Å²) in [5.74, 6) is 0. The molecule has 0 saturated carbocycles. The second kappa shape index (κ2) is 14.2. The van der Waals surface area contributed by atoms with Crippen LogP contribution in [0.25, 0.3) is 132 Å². The van der Waals surface area contributed by atoms with Crippen LogP contribution in [0.4, 0.5) is 0 Å². The quantitative estimate of drug-likeness (QED) is 0.164. The van der Waals surface area contributed by atoms with Gasteiger partial charge in [-0.1, -0.05) is 36.4 Å². The maximum atomic E-state index is 4.85. The van der Waals surface area contributed by atoms with Crippen LogP contribution in [0.2, 0.25) is 0 Å². The summed E-state index contributed by atoms with van der Waals surface area (Å²) < 4.78 is 4.96. The molecular formula is C62H38N8. The van der Waals surface area contributed by atoms with E-state index < -0.39 is 0 Å². The van der Waals surface area contributed by atoms with Crippen molar-refractivity contribution >= 4 is 87.2 Å². The summed E-state index contributed by atoms with van der Waals surface area (Å²) in [5.41, 5.74) is 23.9. The molecule has 0 saturated heterocycles. The maximum Gasteiger partial charge on any atom is 0.0970 e. The van der Waals surface area contributed by atoms with Gasteiger partial charge in [-0.05, 0) is 178 Å². The summed E-state index contributed by atoms with van der Waals surface area (Å²) in [6, 6.07) is 48.9. The van der Waals surface area contributed by atoms with Crippen LogP contribution in [-0.4, -0.2) is 39.0 Å². The Labute approximate surface area is 400 Å². The summed E-state index contributed by atoms with van der Waals surface area (Å²) in [6.45, 7) is 0. The van der Waals surface area contributed by atoms with E-state index in [1.807, 2.05) is 73.8 Å². The van der Waals surface area contributed by atoms with Crippen LogP contribution in [-0.2, 0) is 25.7 Å². The van der Waals surface area contributed by atoms with Crippen molar-refractivity contribution in [3.05, 3.63) is 205 Å². The van der Waals surface area contributed by atoms with Crippen LogP contribution in [0.1, 0.15) is 22.3 Å². The van der Waals surface area contributed by atoms with Gasteiger partial charge in [-0.3, -0.25) is 29.9 Å². The molecule has 2 aliphatic carbocycles. The number of aryl methyl sites for hydroxylation is 4. The van der Waals surface area contributed by atoms with Crippen molar-refractivity contribution in [3.63, 3.8) is 0 Å². The lowest BCUT2D eigenvalue weighted by molar-refractivity contribution is 0.883. The minimum atomic E-state index is 0.909. The smallest absolute Gasteiger partial charge is 0.0970 e. The molecule has 8 heterocycles. The molecule has 0 bridgehead atoms. The van der Waals surface area contributed by atoms with E-state index in [0.29, 0.717) is 0 Å². The molecule has 8 aromatic heterocycles. The fourth-order valence-corrected chi connectivity index (χ4v) is 12.5. The summed E-state index contributed by atoms with van der Waals surface area (Å²) in [4.78, 5) is 28.6. The Morgan fingerprint density at radius 3 is 1.26 bits per heavy atom. The van der Waals surface area contributed by atoms with E-state index in [4.69, 9.17) is 19.9 Å². The van der Waals surface area contributed by atoms with Crippen molar-refractivity contribution in [2.45, 2.75) is 25.7 Å². The average molecular weight is 895 g/mol. The lowest BCUT2D eigenvalue weighted by atomic mass is 9.74. The molecule has 70 heavy (non-hydrogen) atoms. The summed E-state index contributed by atoms with van der Waals surface area (Å²) in [6.07, 6.45) is 19.0. The maximum absolute atomic E-state index is 4.85. The minimum absolute atomic E-state index is 0.909. The Hall–Kier alpha value is -9.14. The molecule has 0 unspecified atom stereocenters. The fraction of sp³-hybridized carbons (Fsp3) is 0.0645. The first kappa shape index (κ1) is 37.9. The van der Waals surface area contributed by atoms with E-state index in [-0.39, 0.29) is 0 Å². The first-order valence-electron chi connectivity index (χ1n) is 24.1. The van der Waals surface area contributed by atoms with Crippen LogP contribution in [0.15, 0.2) is 183 Å². The van der Waals surface area contributed by atoms with Crippen molar-refractivity contribution in [2.75, 3.05) is 0 Å². The molecule has 0 amide bonds. The van der Waals surface area contributed by atoms with Crippen LogP contribution in [0, 0.1) is 0 Å². The number of hydrogen-bond donors (Lipinski definition) is 0. The van der Waals surface area contributed by atoms with Gasteiger partial charge in [-0.2, -0.15) is 0 Å². The zero-order valence-corrected chi connectivity index (χ0v) is 37.7. The molecule has 0 atom stereocenters. The number of pyridine rings is 6. The first-order valence-corrected chi connectivity index (χ1v) is 24.1. The normalized spacial score (nSPS) is 13.2. The van der Waals surface area contributed by atoms with Crippen molar-refractivity contribution in [2.24, 2.45) is 0 Å². The molecule has 326 valence electrons. The largest absolute Gasteiger partial charge is 0.307 e. The first-order chi connectivity index (χ1) is 34.7. The highest BCUT2D eigenvalue weighted by Gasteiger charge is 2.33. The number of fused-ring (bicyclic) bond motifs is 14. The SMILES string of the molecule is c1cncc(-n2c3ccc(-c4cc5cccnc5c5ncccc45)cc3c3cc4c5c(c32)CCc2c-5c(cc3c5cc(-c6cc7cccnc7c7ncccc67)ccc5n(-c5cccnc5)c23)CC4)c1. The Balaban J connectivity index is 0.958. The zero-order chi connectivity index (χ0) is 45.6. The number of rotatable bonds is 4. The molecule has 8 nitrogen and oxygen atoms in total. The Bertz CT molecular complexity index is 4300. The van der Waals surface area contributed by atoms with Gasteiger partial charge in [0.1, 0.15) is 0 Å². The third-order valence-electron chi connectivity index (χ3n) is 15.4. The van der Waals surface area contributed by atoms with Gasteiger partial charge in [-0.15, -0.1) is 0 Å². The van der Waals surface area contributed by atoms with Gasteiger partial charge < -0.3 is 9.13 Å². The van der Waals surface area contributed by atoms with Crippen LogP contribution in [0.5, 0.6) is 0 Å². The average Bonchev–Trinajstić information content (AvgIpc) is 3.94. The molecule has 16 rings (SSSR count). The minimum Gasteiger partial charge on any atom is -0.307 e. The summed E-state index contributed by atoms with van der Waals surface area (Å²) >= 11 is 0. The van der Waals surface area contributed by atoms with Gasteiger partial charge in [0.25, 0.3) is 0 Å². The lowest BCUT2D eigenvalue weighted by Crippen LogP contribution is -2.16. The van der Waals surface area contributed by atoms with Gasteiger partial charge in [0, 0.05) is 80.3 Å².